The van der Waals surface area contributed by atoms with E-state index in [0.29, 0.717) is 20.4 Å². The van der Waals surface area contributed by atoms with Crippen LogP contribution in [-0.4, -0.2) is 4.57 Å². The minimum absolute atomic E-state index is 0.110. The molecule has 1 heterocycles. The lowest BCUT2D eigenvalue weighted by Gasteiger charge is -2.07. The summed E-state index contributed by atoms with van der Waals surface area (Å²) in [5.74, 6) is 0. The van der Waals surface area contributed by atoms with Gasteiger partial charge < -0.3 is 0 Å². The molecule has 134 valence electrons. The van der Waals surface area contributed by atoms with Crippen molar-refractivity contribution in [2.75, 3.05) is 0 Å². The maximum Gasteiger partial charge on any atom is 0.273 e. The Morgan fingerprint density at radius 3 is 2.29 bits per heavy atom. The van der Waals surface area contributed by atoms with E-state index in [9.17, 15) is 15.3 Å². The molecule has 0 radical (unpaired) electrons. The van der Waals surface area contributed by atoms with Gasteiger partial charge in [0.05, 0.1) is 21.9 Å². The van der Waals surface area contributed by atoms with E-state index in [1.54, 1.807) is 30.3 Å². The summed E-state index contributed by atoms with van der Waals surface area (Å²) < 4.78 is 2.14. The molecule has 1 aromatic heterocycles. The van der Waals surface area contributed by atoms with Crippen LogP contribution in [0, 0.1) is 47.8 Å². The second-order valence-corrected chi connectivity index (χ2v) is 7.21. The molecule has 0 bridgehead atoms. The zero-order chi connectivity index (χ0) is 20.3. The van der Waals surface area contributed by atoms with Crippen molar-refractivity contribution in [3.63, 3.8) is 0 Å². The minimum Gasteiger partial charge on any atom is -0.267 e. The molecule has 0 aliphatic rings. The lowest BCUT2D eigenvalue weighted by atomic mass is 10.1. The van der Waals surface area contributed by atoms with Crippen molar-refractivity contribution in [1.82, 2.24) is 4.57 Å². The Labute approximate surface area is 165 Å². The summed E-state index contributed by atoms with van der Waals surface area (Å²) in [6, 6.07) is 18.3. The van der Waals surface area contributed by atoms with Crippen LogP contribution in [-0.2, 0) is 0 Å². The van der Waals surface area contributed by atoms with Gasteiger partial charge >= 0.3 is 0 Å². The number of aromatic nitrogens is 1. The quantitative estimate of drug-likeness (QED) is 0.680. The standard InChI is InChI=1S/C22H14N4OS/c1-14-3-8-19(15(2)9-14)26-21(27)20(28-22(26)18(12-24)13-25)10-16-4-6-17(11-23)7-5-16/h3-10H,1-2H3/b20-10+. The molecule has 0 amide bonds. The molecule has 2 aromatic carbocycles. The molecule has 0 aliphatic carbocycles. The highest BCUT2D eigenvalue weighted by Crippen LogP contribution is 2.13. The number of nitriles is 3. The molecule has 0 unspecified atom stereocenters. The van der Waals surface area contributed by atoms with Gasteiger partial charge in [-0.2, -0.15) is 15.8 Å². The van der Waals surface area contributed by atoms with Crippen LogP contribution in [0.3, 0.4) is 0 Å². The Morgan fingerprint density at radius 1 is 1.04 bits per heavy atom. The van der Waals surface area contributed by atoms with Crippen molar-refractivity contribution >= 4 is 23.0 Å². The Bertz CT molecular complexity index is 1360. The summed E-state index contributed by atoms with van der Waals surface area (Å²) in [5, 5.41) is 27.6. The van der Waals surface area contributed by atoms with Gasteiger partial charge in [0.15, 0.2) is 5.57 Å². The molecule has 3 aromatic rings. The monoisotopic (exact) mass is 382 g/mol. The van der Waals surface area contributed by atoms with E-state index in [1.807, 2.05) is 44.2 Å². The van der Waals surface area contributed by atoms with Crippen LogP contribution in [0.15, 0.2) is 47.3 Å². The Morgan fingerprint density at radius 2 is 1.71 bits per heavy atom. The topological polar surface area (TPSA) is 93.4 Å². The predicted octanol–water partition coefficient (Wildman–Crippen LogP) is 2.41. The van der Waals surface area contributed by atoms with E-state index in [0.717, 1.165) is 28.0 Å². The van der Waals surface area contributed by atoms with E-state index in [4.69, 9.17) is 5.26 Å². The van der Waals surface area contributed by atoms with Crippen molar-refractivity contribution in [2.45, 2.75) is 13.8 Å². The van der Waals surface area contributed by atoms with Gasteiger partial charge in [0.1, 0.15) is 16.8 Å². The molecule has 5 nitrogen and oxygen atoms in total. The summed E-state index contributed by atoms with van der Waals surface area (Å²) in [7, 11) is 0. The minimum atomic E-state index is -0.292. The third-order valence-corrected chi connectivity index (χ3v) is 5.28. The number of benzene rings is 2. The van der Waals surface area contributed by atoms with E-state index < -0.39 is 0 Å². The van der Waals surface area contributed by atoms with E-state index in [-0.39, 0.29) is 11.1 Å². The largest absolute Gasteiger partial charge is 0.273 e. The number of hydrogen-bond acceptors (Lipinski definition) is 5. The van der Waals surface area contributed by atoms with Gasteiger partial charge in [0.2, 0.25) is 0 Å². The Balaban J connectivity index is 2.37. The second kappa shape index (κ2) is 7.76. The van der Waals surface area contributed by atoms with Crippen molar-refractivity contribution in [3.05, 3.63) is 84.3 Å². The van der Waals surface area contributed by atoms with Crippen LogP contribution in [0.1, 0.15) is 22.3 Å². The van der Waals surface area contributed by atoms with Gasteiger partial charge in [0.25, 0.3) is 5.56 Å². The fraction of sp³-hybridized carbons (Fsp3) is 0.0909. The van der Waals surface area contributed by atoms with Crippen LogP contribution in [0.5, 0.6) is 0 Å². The highest BCUT2D eigenvalue weighted by molar-refractivity contribution is 7.07. The summed E-state index contributed by atoms with van der Waals surface area (Å²) in [5.41, 5.74) is 3.46. The van der Waals surface area contributed by atoms with Crippen molar-refractivity contribution in [1.29, 1.82) is 15.8 Å². The third kappa shape index (κ3) is 3.48. The average Bonchev–Trinajstić information content (AvgIpc) is 3.00. The number of aryl methyl sites for hydroxylation is 2. The SMILES string of the molecule is Cc1ccc(-n2c(=C(C#N)C#N)s/c(=C/c3ccc(C#N)cc3)c2=O)c(C)c1. The van der Waals surface area contributed by atoms with Crippen LogP contribution in [0.25, 0.3) is 17.3 Å². The number of rotatable bonds is 2. The molecular weight excluding hydrogens is 368 g/mol. The first-order valence-corrected chi connectivity index (χ1v) is 9.16. The Hall–Kier alpha value is -3.92. The van der Waals surface area contributed by atoms with Gasteiger partial charge in [-0.25, -0.2) is 0 Å². The molecule has 0 spiro atoms. The maximum atomic E-state index is 13.1. The zero-order valence-corrected chi connectivity index (χ0v) is 16.0. The highest BCUT2D eigenvalue weighted by atomic mass is 32.1. The fourth-order valence-corrected chi connectivity index (χ4v) is 3.90. The van der Waals surface area contributed by atoms with Gasteiger partial charge in [0, 0.05) is 0 Å². The first-order valence-electron chi connectivity index (χ1n) is 8.34. The third-order valence-electron chi connectivity index (χ3n) is 4.19. The van der Waals surface area contributed by atoms with Crippen molar-refractivity contribution < 1.29 is 0 Å². The molecule has 0 saturated carbocycles. The molecule has 3 rings (SSSR count). The first-order chi connectivity index (χ1) is 13.5. The number of hydrogen-bond donors (Lipinski definition) is 0. The van der Waals surface area contributed by atoms with Gasteiger partial charge in [-0.05, 0) is 49.2 Å². The van der Waals surface area contributed by atoms with Crippen molar-refractivity contribution in [3.8, 4) is 23.9 Å². The van der Waals surface area contributed by atoms with E-state index in [2.05, 4.69) is 6.07 Å². The molecule has 28 heavy (non-hydrogen) atoms. The van der Waals surface area contributed by atoms with Crippen LogP contribution in [0.2, 0.25) is 0 Å². The normalized spacial score (nSPS) is 10.8. The molecular formula is C22H14N4OS. The van der Waals surface area contributed by atoms with E-state index in [1.165, 1.54) is 4.57 Å². The van der Waals surface area contributed by atoms with Gasteiger partial charge in [-0.3, -0.25) is 9.36 Å². The lowest BCUT2D eigenvalue weighted by Crippen LogP contribution is -2.31. The average molecular weight is 382 g/mol. The molecule has 0 atom stereocenters. The molecule has 0 N–H and O–H groups in total. The highest BCUT2D eigenvalue weighted by Gasteiger charge is 2.13. The van der Waals surface area contributed by atoms with Crippen LogP contribution >= 0.6 is 11.3 Å². The van der Waals surface area contributed by atoms with Gasteiger partial charge in [-0.1, -0.05) is 29.8 Å². The summed E-state index contributed by atoms with van der Waals surface area (Å²) in [6.45, 7) is 3.85. The summed E-state index contributed by atoms with van der Waals surface area (Å²) in [6.07, 6.45) is 1.70. The zero-order valence-electron chi connectivity index (χ0n) is 15.2. The number of thiazole rings is 1. The summed E-state index contributed by atoms with van der Waals surface area (Å²) in [4.78, 5) is 13.1. The fourth-order valence-electron chi connectivity index (χ4n) is 2.85. The van der Waals surface area contributed by atoms with Crippen LogP contribution < -0.4 is 14.8 Å². The maximum absolute atomic E-state index is 13.1. The summed E-state index contributed by atoms with van der Waals surface area (Å²) >= 11 is 1.10. The Kier molecular flexibility index (Phi) is 5.23. The molecule has 0 saturated heterocycles. The van der Waals surface area contributed by atoms with Gasteiger partial charge in [-0.15, -0.1) is 11.3 Å². The van der Waals surface area contributed by atoms with E-state index >= 15 is 0 Å². The lowest BCUT2D eigenvalue weighted by molar-refractivity contribution is 0.973. The first kappa shape index (κ1) is 18.9. The number of nitrogens with zero attached hydrogens (tertiary/aromatic N) is 4. The van der Waals surface area contributed by atoms with Crippen LogP contribution in [0.4, 0.5) is 0 Å². The van der Waals surface area contributed by atoms with Crippen molar-refractivity contribution in [2.24, 2.45) is 0 Å². The smallest absolute Gasteiger partial charge is 0.267 e. The molecule has 6 heteroatoms. The molecule has 0 fully saturated rings. The second-order valence-electron chi connectivity index (χ2n) is 6.18. The molecule has 0 aliphatic heterocycles. The predicted molar refractivity (Wildman–Crippen MR) is 108 cm³/mol.